The summed E-state index contributed by atoms with van der Waals surface area (Å²) in [4.78, 5) is 5.64. The van der Waals surface area contributed by atoms with Gasteiger partial charge < -0.3 is 0 Å². The molecule has 1 aromatic rings. The average Bonchev–Trinajstić information content (AvgIpc) is 2.76. The number of benzene rings is 1. The van der Waals surface area contributed by atoms with Crippen LogP contribution in [0.15, 0.2) is 29.2 Å². The molecule has 0 amide bonds. The molecule has 4 nitrogen and oxygen atoms in total. The second kappa shape index (κ2) is 6.77. The van der Waals surface area contributed by atoms with Gasteiger partial charge in [-0.2, -0.15) is 0 Å². The van der Waals surface area contributed by atoms with Crippen LogP contribution in [0.25, 0.3) is 0 Å². The Morgan fingerprint density at radius 3 is 2.25 bits per heavy atom. The van der Waals surface area contributed by atoms with Crippen LogP contribution < -0.4 is 0 Å². The van der Waals surface area contributed by atoms with Crippen LogP contribution in [0.5, 0.6) is 0 Å². The molecule has 0 saturated carbocycles. The summed E-state index contributed by atoms with van der Waals surface area (Å²) < 4.78 is 24.8. The van der Waals surface area contributed by atoms with Gasteiger partial charge >= 0.3 is 0 Å². The van der Waals surface area contributed by atoms with Gasteiger partial charge in [0.05, 0.1) is 10.1 Å². The summed E-state index contributed by atoms with van der Waals surface area (Å²) in [7, 11) is -3.20. The molecule has 1 aromatic carbocycles. The molecule has 2 unspecified atom stereocenters. The molecule has 0 radical (unpaired) electrons. The van der Waals surface area contributed by atoms with E-state index >= 15 is 0 Å². The van der Waals surface area contributed by atoms with E-state index in [9.17, 15) is 8.42 Å². The van der Waals surface area contributed by atoms with Crippen molar-refractivity contribution < 1.29 is 8.42 Å². The maximum Gasteiger partial charge on any atom is 0.180 e. The van der Waals surface area contributed by atoms with Crippen molar-refractivity contribution in [2.24, 2.45) is 0 Å². The third-order valence-electron chi connectivity index (χ3n) is 5.60. The average molecular weight is 351 g/mol. The van der Waals surface area contributed by atoms with E-state index in [4.69, 9.17) is 0 Å². The third-order valence-corrected chi connectivity index (χ3v) is 7.76. The molecule has 3 rings (SSSR count). The SMILES string of the molecule is CC(C)N1CC2CCC(C1)N2Cc1cccc(S(=O)(=O)C(C)C)c1. The number of piperazine rings is 1. The molecule has 2 heterocycles. The minimum Gasteiger partial charge on any atom is -0.298 e. The molecule has 2 atom stereocenters. The van der Waals surface area contributed by atoms with Crippen molar-refractivity contribution in [3.63, 3.8) is 0 Å². The molecular formula is C19H30N2O2S. The van der Waals surface area contributed by atoms with E-state index in [1.54, 1.807) is 19.9 Å². The molecule has 2 fully saturated rings. The van der Waals surface area contributed by atoms with Crippen molar-refractivity contribution in [2.45, 2.75) is 75.4 Å². The van der Waals surface area contributed by atoms with Gasteiger partial charge in [0, 0.05) is 37.8 Å². The second-order valence-corrected chi connectivity index (χ2v) is 10.4. The van der Waals surface area contributed by atoms with Gasteiger partial charge in [-0.15, -0.1) is 0 Å². The number of likely N-dealkylation sites (tertiary alicyclic amines) is 1. The van der Waals surface area contributed by atoms with Crippen molar-refractivity contribution in [2.75, 3.05) is 13.1 Å². The largest absolute Gasteiger partial charge is 0.298 e. The molecule has 0 spiro atoms. The first-order chi connectivity index (χ1) is 11.3. The lowest BCUT2D eigenvalue weighted by molar-refractivity contribution is 0.0441. The fraction of sp³-hybridized carbons (Fsp3) is 0.684. The number of rotatable bonds is 5. The minimum atomic E-state index is -3.20. The van der Waals surface area contributed by atoms with Crippen molar-refractivity contribution in [3.8, 4) is 0 Å². The van der Waals surface area contributed by atoms with E-state index in [0.29, 0.717) is 23.0 Å². The Kier molecular flexibility index (Phi) is 5.05. The number of sulfone groups is 1. The summed E-state index contributed by atoms with van der Waals surface area (Å²) in [6.07, 6.45) is 2.52. The van der Waals surface area contributed by atoms with Crippen molar-refractivity contribution in [1.82, 2.24) is 9.80 Å². The molecule has 134 valence electrons. The summed E-state index contributed by atoms with van der Waals surface area (Å²) in [6, 6.07) is 9.38. The lowest BCUT2D eigenvalue weighted by Crippen LogP contribution is -2.54. The van der Waals surface area contributed by atoms with Crippen LogP contribution in [-0.4, -0.2) is 54.7 Å². The first-order valence-electron chi connectivity index (χ1n) is 9.11. The van der Waals surface area contributed by atoms with E-state index < -0.39 is 9.84 Å². The highest BCUT2D eigenvalue weighted by Crippen LogP contribution is 2.32. The Labute approximate surface area is 146 Å². The van der Waals surface area contributed by atoms with E-state index in [0.717, 1.165) is 25.2 Å². The topological polar surface area (TPSA) is 40.6 Å². The van der Waals surface area contributed by atoms with Crippen LogP contribution in [-0.2, 0) is 16.4 Å². The van der Waals surface area contributed by atoms with Gasteiger partial charge in [-0.3, -0.25) is 9.80 Å². The number of hydrogen-bond acceptors (Lipinski definition) is 4. The van der Waals surface area contributed by atoms with Crippen LogP contribution in [0.3, 0.4) is 0 Å². The summed E-state index contributed by atoms with van der Waals surface area (Å²) >= 11 is 0. The predicted molar refractivity (Wildman–Crippen MR) is 97.8 cm³/mol. The first-order valence-corrected chi connectivity index (χ1v) is 10.7. The van der Waals surface area contributed by atoms with E-state index in [1.807, 2.05) is 12.1 Å². The van der Waals surface area contributed by atoms with Gasteiger partial charge in [0.1, 0.15) is 0 Å². The van der Waals surface area contributed by atoms with Gasteiger partial charge in [0.2, 0.25) is 0 Å². The fourth-order valence-electron chi connectivity index (χ4n) is 4.01. The Morgan fingerprint density at radius 1 is 1.08 bits per heavy atom. The first kappa shape index (κ1) is 17.9. The van der Waals surface area contributed by atoms with E-state index in [2.05, 4.69) is 29.7 Å². The van der Waals surface area contributed by atoms with Gasteiger partial charge in [0.15, 0.2) is 9.84 Å². The van der Waals surface area contributed by atoms with Crippen molar-refractivity contribution >= 4 is 9.84 Å². The summed E-state index contributed by atoms with van der Waals surface area (Å²) in [5.41, 5.74) is 1.12. The highest BCUT2D eigenvalue weighted by atomic mass is 32.2. The molecule has 5 heteroatoms. The van der Waals surface area contributed by atoms with Gasteiger partial charge in [0.25, 0.3) is 0 Å². The van der Waals surface area contributed by atoms with E-state index in [-0.39, 0.29) is 5.25 Å². The van der Waals surface area contributed by atoms with Gasteiger partial charge in [-0.1, -0.05) is 12.1 Å². The molecule has 2 bridgehead atoms. The monoisotopic (exact) mass is 350 g/mol. The van der Waals surface area contributed by atoms with Gasteiger partial charge in [-0.05, 0) is 58.2 Å². The summed E-state index contributed by atoms with van der Waals surface area (Å²) in [5, 5.41) is -0.376. The highest BCUT2D eigenvalue weighted by Gasteiger charge is 2.40. The Bertz CT molecular complexity index is 670. The predicted octanol–water partition coefficient (Wildman–Crippen LogP) is 2.93. The third kappa shape index (κ3) is 3.39. The van der Waals surface area contributed by atoms with Crippen LogP contribution in [0.2, 0.25) is 0 Å². The minimum absolute atomic E-state index is 0.376. The number of nitrogens with zero attached hydrogens (tertiary/aromatic N) is 2. The molecule has 24 heavy (non-hydrogen) atoms. The van der Waals surface area contributed by atoms with Crippen molar-refractivity contribution in [1.29, 1.82) is 0 Å². The number of hydrogen-bond donors (Lipinski definition) is 0. The van der Waals surface area contributed by atoms with Gasteiger partial charge in [-0.25, -0.2) is 8.42 Å². The lowest BCUT2D eigenvalue weighted by atomic mass is 10.1. The maximum absolute atomic E-state index is 12.4. The fourth-order valence-corrected chi connectivity index (χ4v) is 5.13. The normalized spacial score (nSPS) is 25.8. The lowest BCUT2D eigenvalue weighted by Gasteiger charge is -2.42. The molecule has 0 aromatic heterocycles. The van der Waals surface area contributed by atoms with Crippen molar-refractivity contribution in [3.05, 3.63) is 29.8 Å². The molecule has 0 aliphatic carbocycles. The van der Waals surface area contributed by atoms with Crippen LogP contribution >= 0.6 is 0 Å². The van der Waals surface area contributed by atoms with Crippen LogP contribution in [0.1, 0.15) is 46.1 Å². The Balaban J connectivity index is 1.76. The zero-order valence-electron chi connectivity index (χ0n) is 15.3. The highest BCUT2D eigenvalue weighted by molar-refractivity contribution is 7.92. The smallest absolute Gasteiger partial charge is 0.180 e. The van der Waals surface area contributed by atoms with Crippen LogP contribution in [0.4, 0.5) is 0 Å². The zero-order chi connectivity index (χ0) is 17.5. The molecule has 2 aliphatic heterocycles. The van der Waals surface area contributed by atoms with E-state index in [1.165, 1.54) is 12.8 Å². The zero-order valence-corrected chi connectivity index (χ0v) is 16.1. The van der Waals surface area contributed by atoms with Crippen LogP contribution in [0, 0.1) is 0 Å². The number of fused-ring (bicyclic) bond motifs is 2. The summed E-state index contributed by atoms with van der Waals surface area (Å²) in [5.74, 6) is 0. The molecule has 2 saturated heterocycles. The maximum atomic E-state index is 12.4. The molecular weight excluding hydrogens is 320 g/mol. The molecule has 0 N–H and O–H groups in total. The Morgan fingerprint density at radius 2 is 1.71 bits per heavy atom. The molecule has 2 aliphatic rings. The quantitative estimate of drug-likeness (QED) is 0.819. The Hall–Kier alpha value is -0.910. The summed E-state index contributed by atoms with van der Waals surface area (Å²) in [6.45, 7) is 11.2. The second-order valence-electron chi connectivity index (χ2n) is 7.85. The standard InChI is InChI=1S/C19H30N2O2S/c1-14(2)20-12-17-8-9-18(13-20)21(17)11-16-6-5-7-19(10-16)24(22,23)15(3)4/h5-7,10,14-15,17-18H,8-9,11-13H2,1-4H3.